The van der Waals surface area contributed by atoms with Crippen LogP contribution in [0, 0.1) is 11.8 Å². The third-order valence-corrected chi connectivity index (χ3v) is 4.87. The summed E-state index contributed by atoms with van der Waals surface area (Å²) in [6.45, 7) is 1.35. The van der Waals surface area contributed by atoms with E-state index in [4.69, 9.17) is 16.3 Å². The third kappa shape index (κ3) is 4.98. The molecular formula is C14H18ClNO4S. The van der Waals surface area contributed by atoms with Crippen molar-refractivity contribution in [1.29, 1.82) is 0 Å². The highest BCUT2D eigenvalue weighted by molar-refractivity contribution is 7.16. The maximum atomic E-state index is 11.9. The molecule has 1 aromatic rings. The SMILES string of the molecule is O=C(Cc1ccc(Cl)s1)NCC(C(=O)O)C1CCOCC1. The van der Waals surface area contributed by atoms with E-state index < -0.39 is 11.9 Å². The number of hydrogen-bond donors (Lipinski definition) is 2. The van der Waals surface area contributed by atoms with Gasteiger partial charge in [0.2, 0.25) is 5.91 Å². The van der Waals surface area contributed by atoms with Gasteiger partial charge in [0.05, 0.1) is 16.7 Å². The Morgan fingerprint density at radius 2 is 2.14 bits per heavy atom. The number of rotatable bonds is 6. The Morgan fingerprint density at radius 1 is 1.43 bits per heavy atom. The molecule has 1 fully saturated rings. The fourth-order valence-electron chi connectivity index (χ4n) is 2.47. The van der Waals surface area contributed by atoms with Crippen molar-refractivity contribution in [2.24, 2.45) is 11.8 Å². The molecule has 0 spiro atoms. The van der Waals surface area contributed by atoms with E-state index in [1.54, 1.807) is 12.1 Å². The highest BCUT2D eigenvalue weighted by Gasteiger charge is 2.29. The standard InChI is InChI=1S/C14H18ClNO4S/c15-12-2-1-10(21-12)7-13(17)16-8-11(14(18)19)9-3-5-20-6-4-9/h1-2,9,11H,3-8H2,(H,16,17)(H,18,19). The summed E-state index contributed by atoms with van der Waals surface area (Å²) in [7, 11) is 0. The summed E-state index contributed by atoms with van der Waals surface area (Å²) in [6.07, 6.45) is 1.69. The average Bonchev–Trinajstić information content (AvgIpc) is 2.85. The van der Waals surface area contributed by atoms with Crippen molar-refractivity contribution in [2.45, 2.75) is 19.3 Å². The molecule has 0 aliphatic carbocycles. The van der Waals surface area contributed by atoms with Gasteiger partial charge in [0, 0.05) is 24.6 Å². The van der Waals surface area contributed by atoms with Crippen LogP contribution in [0.4, 0.5) is 0 Å². The molecule has 1 aromatic heterocycles. The number of carboxylic acid groups (broad SMARTS) is 1. The van der Waals surface area contributed by atoms with Crippen LogP contribution in [0.3, 0.4) is 0 Å². The summed E-state index contributed by atoms with van der Waals surface area (Å²) in [5.41, 5.74) is 0. The molecule has 0 aromatic carbocycles. The van der Waals surface area contributed by atoms with Crippen LogP contribution in [-0.4, -0.2) is 36.7 Å². The first-order valence-electron chi connectivity index (χ1n) is 6.87. The van der Waals surface area contributed by atoms with Crippen molar-refractivity contribution >= 4 is 34.8 Å². The van der Waals surface area contributed by atoms with Gasteiger partial charge in [0.15, 0.2) is 0 Å². The van der Waals surface area contributed by atoms with E-state index in [2.05, 4.69) is 5.32 Å². The molecule has 2 heterocycles. The molecule has 1 aliphatic rings. The van der Waals surface area contributed by atoms with Gasteiger partial charge in [-0.05, 0) is 30.9 Å². The molecule has 1 unspecified atom stereocenters. The van der Waals surface area contributed by atoms with Gasteiger partial charge in [-0.1, -0.05) is 11.6 Å². The minimum Gasteiger partial charge on any atom is -0.481 e. The molecule has 1 amide bonds. The van der Waals surface area contributed by atoms with E-state index in [-0.39, 0.29) is 24.8 Å². The number of halogens is 1. The summed E-state index contributed by atoms with van der Waals surface area (Å²) in [5.74, 6) is -1.52. The second kappa shape index (κ2) is 7.77. The Balaban J connectivity index is 1.83. The Morgan fingerprint density at radius 3 is 2.71 bits per heavy atom. The largest absolute Gasteiger partial charge is 0.481 e. The minimum absolute atomic E-state index is 0.0627. The zero-order chi connectivity index (χ0) is 15.2. The molecule has 2 N–H and O–H groups in total. The van der Waals surface area contributed by atoms with Crippen molar-refractivity contribution in [3.63, 3.8) is 0 Å². The minimum atomic E-state index is -0.860. The number of carbonyl (C=O) groups excluding carboxylic acids is 1. The Labute approximate surface area is 132 Å². The first-order valence-corrected chi connectivity index (χ1v) is 8.07. The zero-order valence-corrected chi connectivity index (χ0v) is 13.1. The second-order valence-electron chi connectivity index (χ2n) is 5.08. The summed E-state index contributed by atoms with van der Waals surface area (Å²) in [6, 6.07) is 3.55. The monoisotopic (exact) mass is 331 g/mol. The zero-order valence-electron chi connectivity index (χ0n) is 11.5. The van der Waals surface area contributed by atoms with Crippen LogP contribution >= 0.6 is 22.9 Å². The van der Waals surface area contributed by atoms with Gasteiger partial charge in [-0.2, -0.15) is 0 Å². The Kier molecular flexibility index (Phi) is 6.02. The van der Waals surface area contributed by atoms with Crippen LogP contribution in [0.2, 0.25) is 4.34 Å². The number of ether oxygens (including phenoxy) is 1. The summed E-state index contributed by atoms with van der Waals surface area (Å²) < 4.78 is 5.89. The summed E-state index contributed by atoms with van der Waals surface area (Å²) >= 11 is 7.17. The van der Waals surface area contributed by atoms with E-state index >= 15 is 0 Å². The fraction of sp³-hybridized carbons (Fsp3) is 0.571. The predicted molar refractivity (Wildman–Crippen MR) is 80.7 cm³/mol. The molecule has 1 saturated heterocycles. The Hall–Kier alpha value is -1.11. The van der Waals surface area contributed by atoms with Crippen molar-refractivity contribution in [2.75, 3.05) is 19.8 Å². The molecule has 1 atom stereocenters. The molecule has 7 heteroatoms. The molecular weight excluding hydrogens is 314 g/mol. The number of thiophene rings is 1. The summed E-state index contributed by atoms with van der Waals surface area (Å²) in [5, 5.41) is 12.0. The highest BCUT2D eigenvalue weighted by atomic mass is 35.5. The van der Waals surface area contributed by atoms with Gasteiger partial charge in [-0.15, -0.1) is 11.3 Å². The van der Waals surface area contributed by atoms with Crippen molar-refractivity contribution in [3.8, 4) is 0 Å². The lowest BCUT2D eigenvalue weighted by atomic mass is 9.86. The normalized spacial score (nSPS) is 17.4. The molecule has 5 nitrogen and oxygen atoms in total. The lowest BCUT2D eigenvalue weighted by Gasteiger charge is -2.27. The topological polar surface area (TPSA) is 75.6 Å². The molecule has 0 bridgehead atoms. The summed E-state index contributed by atoms with van der Waals surface area (Å²) in [4.78, 5) is 24.1. The van der Waals surface area contributed by atoms with Gasteiger partial charge in [0.25, 0.3) is 0 Å². The lowest BCUT2D eigenvalue weighted by molar-refractivity contribution is -0.144. The maximum absolute atomic E-state index is 11.9. The van der Waals surface area contributed by atoms with Gasteiger partial charge in [-0.3, -0.25) is 9.59 Å². The van der Waals surface area contributed by atoms with Gasteiger partial charge in [0.1, 0.15) is 0 Å². The van der Waals surface area contributed by atoms with E-state index in [1.165, 1.54) is 11.3 Å². The van der Waals surface area contributed by atoms with E-state index in [9.17, 15) is 14.7 Å². The van der Waals surface area contributed by atoms with Crippen molar-refractivity contribution in [1.82, 2.24) is 5.32 Å². The van der Waals surface area contributed by atoms with Gasteiger partial charge >= 0.3 is 5.97 Å². The first kappa shape index (κ1) is 16.3. The molecule has 1 aliphatic heterocycles. The van der Waals surface area contributed by atoms with E-state index in [0.717, 1.165) is 17.7 Å². The van der Waals surface area contributed by atoms with Crippen LogP contribution in [0.5, 0.6) is 0 Å². The number of carbonyl (C=O) groups is 2. The lowest BCUT2D eigenvalue weighted by Crippen LogP contribution is -2.39. The molecule has 21 heavy (non-hydrogen) atoms. The molecule has 0 saturated carbocycles. The van der Waals surface area contributed by atoms with Crippen LogP contribution < -0.4 is 5.32 Å². The smallest absolute Gasteiger partial charge is 0.308 e. The van der Waals surface area contributed by atoms with Gasteiger partial charge in [-0.25, -0.2) is 0 Å². The number of aliphatic carboxylic acids is 1. The number of nitrogens with one attached hydrogen (secondary N) is 1. The quantitative estimate of drug-likeness (QED) is 0.837. The fourth-order valence-corrected chi connectivity index (χ4v) is 3.55. The third-order valence-electron chi connectivity index (χ3n) is 3.63. The van der Waals surface area contributed by atoms with E-state index in [1.807, 2.05) is 0 Å². The van der Waals surface area contributed by atoms with E-state index in [0.29, 0.717) is 17.6 Å². The highest BCUT2D eigenvalue weighted by Crippen LogP contribution is 2.24. The maximum Gasteiger partial charge on any atom is 0.308 e. The average molecular weight is 332 g/mol. The van der Waals surface area contributed by atoms with Gasteiger partial charge < -0.3 is 15.2 Å². The van der Waals surface area contributed by atoms with Crippen LogP contribution in [0.25, 0.3) is 0 Å². The van der Waals surface area contributed by atoms with Crippen molar-refractivity contribution in [3.05, 3.63) is 21.3 Å². The second-order valence-corrected chi connectivity index (χ2v) is 6.88. The predicted octanol–water partition coefficient (Wildman–Crippen LogP) is 2.19. The van der Waals surface area contributed by atoms with Crippen molar-refractivity contribution < 1.29 is 19.4 Å². The molecule has 116 valence electrons. The van der Waals surface area contributed by atoms with Crippen LogP contribution in [-0.2, 0) is 20.7 Å². The number of amides is 1. The van der Waals surface area contributed by atoms with Crippen LogP contribution in [0.15, 0.2) is 12.1 Å². The number of carboxylic acids is 1. The van der Waals surface area contributed by atoms with Crippen LogP contribution in [0.1, 0.15) is 17.7 Å². The molecule has 2 rings (SSSR count). The molecule has 0 radical (unpaired) electrons. The first-order chi connectivity index (χ1) is 10.1. The Bertz CT molecular complexity index is 499. The number of hydrogen-bond acceptors (Lipinski definition) is 4.